The lowest BCUT2D eigenvalue weighted by molar-refractivity contribution is 0.188. The summed E-state index contributed by atoms with van der Waals surface area (Å²) in [7, 11) is 0. The Hall–Kier alpha value is -1.67. The van der Waals surface area contributed by atoms with Crippen LogP contribution in [-0.4, -0.2) is 28.0 Å². The second kappa shape index (κ2) is 5.14. The molecule has 14 heavy (non-hydrogen) atoms. The van der Waals surface area contributed by atoms with E-state index in [9.17, 15) is 0 Å². The molecular formula is C9H12N4O. The van der Waals surface area contributed by atoms with Crippen LogP contribution < -0.4 is 5.32 Å². The fourth-order valence-electron chi connectivity index (χ4n) is 0.952. The number of nitrogens with one attached hydrogen (secondary N) is 1. The van der Waals surface area contributed by atoms with E-state index in [-0.39, 0.29) is 6.10 Å². The summed E-state index contributed by atoms with van der Waals surface area (Å²) in [5.74, 6) is 0.468. The van der Waals surface area contributed by atoms with E-state index in [1.807, 2.05) is 6.07 Å². The highest BCUT2D eigenvalue weighted by Gasteiger charge is 2.02. The average molecular weight is 192 g/mol. The van der Waals surface area contributed by atoms with Crippen LogP contribution in [0.5, 0.6) is 0 Å². The zero-order valence-electron chi connectivity index (χ0n) is 7.94. The third kappa shape index (κ3) is 2.99. The lowest BCUT2D eigenvalue weighted by Crippen LogP contribution is -2.11. The summed E-state index contributed by atoms with van der Waals surface area (Å²) in [6, 6.07) is 3.60. The maximum absolute atomic E-state index is 9.02. The van der Waals surface area contributed by atoms with Crippen molar-refractivity contribution >= 4 is 5.82 Å². The van der Waals surface area contributed by atoms with Crippen molar-refractivity contribution in [3.63, 3.8) is 0 Å². The third-order valence-electron chi connectivity index (χ3n) is 1.70. The van der Waals surface area contributed by atoms with Crippen molar-refractivity contribution < 1.29 is 5.11 Å². The first-order chi connectivity index (χ1) is 6.74. The first-order valence-corrected chi connectivity index (χ1v) is 4.37. The lowest BCUT2D eigenvalue weighted by atomic mass is 10.2. The minimum Gasteiger partial charge on any atom is -0.393 e. The van der Waals surface area contributed by atoms with Gasteiger partial charge in [0.15, 0.2) is 5.82 Å². The van der Waals surface area contributed by atoms with E-state index < -0.39 is 0 Å². The van der Waals surface area contributed by atoms with Crippen molar-refractivity contribution in [2.45, 2.75) is 19.4 Å². The number of aliphatic hydroxyl groups is 1. The number of aromatic nitrogens is 2. The monoisotopic (exact) mass is 192 g/mol. The Bertz CT molecular complexity index is 332. The van der Waals surface area contributed by atoms with E-state index in [0.29, 0.717) is 24.3 Å². The number of aliphatic hydroxyl groups excluding tert-OH is 1. The van der Waals surface area contributed by atoms with Gasteiger partial charge in [0.1, 0.15) is 6.07 Å². The van der Waals surface area contributed by atoms with Crippen LogP contribution in [0, 0.1) is 11.3 Å². The summed E-state index contributed by atoms with van der Waals surface area (Å²) in [5, 5.41) is 28.1. The summed E-state index contributed by atoms with van der Waals surface area (Å²) in [4.78, 5) is 0. The molecule has 1 aromatic heterocycles. The predicted octanol–water partition coefficient (Wildman–Crippen LogP) is 0.531. The molecule has 1 atom stereocenters. The Labute approximate surface area is 82.4 Å². The SMILES string of the molecule is CC(O)CCNc1nnccc1C#N. The second-order valence-electron chi connectivity index (χ2n) is 2.97. The van der Waals surface area contributed by atoms with Gasteiger partial charge in [-0.25, -0.2) is 0 Å². The molecule has 1 rings (SSSR count). The van der Waals surface area contributed by atoms with Gasteiger partial charge in [0, 0.05) is 6.54 Å². The van der Waals surface area contributed by atoms with Gasteiger partial charge >= 0.3 is 0 Å². The molecule has 5 heteroatoms. The molecule has 0 radical (unpaired) electrons. The van der Waals surface area contributed by atoms with Gasteiger partial charge in [0.05, 0.1) is 17.9 Å². The highest BCUT2D eigenvalue weighted by atomic mass is 16.3. The van der Waals surface area contributed by atoms with Gasteiger partial charge in [-0.3, -0.25) is 0 Å². The molecule has 0 amide bonds. The minimum absolute atomic E-state index is 0.357. The molecule has 0 aliphatic carbocycles. The number of hydrogen-bond acceptors (Lipinski definition) is 5. The highest BCUT2D eigenvalue weighted by molar-refractivity contribution is 5.49. The molecule has 0 spiro atoms. The predicted molar refractivity (Wildman–Crippen MR) is 51.5 cm³/mol. The Balaban J connectivity index is 2.54. The van der Waals surface area contributed by atoms with E-state index >= 15 is 0 Å². The van der Waals surface area contributed by atoms with E-state index in [4.69, 9.17) is 10.4 Å². The zero-order chi connectivity index (χ0) is 10.4. The van der Waals surface area contributed by atoms with E-state index in [1.54, 1.807) is 13.0 Å². The second-order valence-corrected chi connectivity index (χ2v) is 2.97. The van der Waals surface area contributed by atoms with Crippen LogP contribution in [0.25, 0.3) is 0 Å². The fraction of sp³-hybridized carbons (Fsp3) is 0.444. The van der Waals surface area contributed by atoms with Crippen molar-refractivity contribution in [2.75, 3.05) is 11.9 Å². The van der Waals surface area contributed by atoms with Gasteiger partial charge in [-0.05, 0) is 19.4 Å². The first-order valence-electron chi connectivity index (χ1n) is 4.37. The standard InChI is InChI=1S/C9H12N4O/c1-7(14)2-4-11-9-8(6-10)3-5-12-13-9/h3,5,7,14H,2,4H2,1H3,(H,11,13). The van der Waals surface area contributed by atoms with E-state index in [0.717, 1.165) is 0 Å². The normalized spacial score (nSPS) is 11.8. The maximum atomic E-state index is 9.02. The van der Waals surface area contributed by atoms with Crippen LogP contribution >= 0.6 is 0 Å². The molecule has 1 unspecified atom stereocenters. The first kappa shape index (κ1) is 10.4. The molecule has 74 valence electrons. The molecule has 5 nitrogen and oxygen atoms in total. The van der Waals surface area contributed by atoms with Crippen LogP contribution in [0.2, 0.25) is 0 Å². The largest absolute Gasteiger partial charge is 0.393 e. The van der Waals surface area contributed by atoms with Gasteiger partial charge in [0.25, 0.3) is 0 Å². The number of nitriles is 1. The van der Waals surface area contributed by atoms with Gasteiger partial charge in [-0.2, -0.15) is 10.4 Å². The van der Waals surface area contributed by atoms with Crippen LogP contribution in [0.1, 0.15) is 18.9 Å². The lowest BCUT2D eigenvalue weighted by Gasteiger charge is -2.06. The molecule has 0 bridgehead atoms. The fourth-order valence-corrected chi connectivity index (χ4v) is 0.952. The van der Waals surface area contributed by atoms with Crippen molar-refractivity contribution in [1.82, 2.24) is 10.2 Å². The molecule has 0 saturated carbocycles. The highest BCUT2D eigenvalue weighted by Crippen LogP contribution is 2.07. The third-order valence-corrected chi connectivity index (χ3v) is 1.70. The molecule has 0 saturated heterocycles. The Morgan fingerprint density at radius 2 is 2.50 bits per heavy atom. The summed E-state index contributed by atoms with van der Waals surface area (Å²) in [6.45, 7) is 2.29. The van der Waals surface area contributed by atoms with Gasteiger partial charge in [0.2, 0.25) is 0 Å². The number of nitrogens with zero attached hydrogens (tertiary/aromatic N) is 3. The van der Waals surface area contributed by atoms with Crippen molar-refractivity contribution in [3.05, 3.63) is 17.8 Å². The summed E-state index contributed by atoms with van der Waals surface area (Å²) in [5.41, 5.74) is 0.464. The van der Waals surface area contributed by atoms with Crippen LogP contribution in [-0.2, 0) is 0 Å². The minimum atomic E-state index is -0.357. The number of rotatable bonds is 4. The Morgan fingerprint density at radius 1 is 1.71 bits per heavy atom. The van der Waals surface area contributed by atoms with Crippen molar-refractivity contribution in [1.29, 1.82) is 5.26 Å². The molecule has 2 N–H and O–H groups in total. The summed E-state index contributed by atoms with van der Waals surface area (Å²) < 4.78 is 0. The van der Waals surface area contributed by atoms with Crippen LogP contribution in [0.4, 0.5) is 5.82 Å². The summed E-state index contributed by atoms with van der Waals surface area (Å²) in [6.07, 6.45) is 1.73. The van der Waals surface area contributed by atoms with E-state index in [2.05, 4.69) is 15.5 Å². The molecule has 0 fully saturated rings. The smallest absolute Gasteiger partial charge is 0.166 e. The molecule has 0 aromatic carbocycles. The quantitative estimate of drug-likeness (QED) is 0.727. The topological polar surface area (TPSA) is 81.8 Å². The van der Waals surface area contributed by atoms with Crippen molar-refractivity contribution in [2.24, 2.45) is 0 Å². The number of anilines is 1. The summed E-state index contributed by atoms with van der Waals surface area (Å²) >= 11 is 0. The van der Waals surface area contributed by atoms with Gasteiger partial charge in [-0.15, -0.1) is 5.10 Å². The van der Waals surface area contributed by atoms with Gasteiger partial charge < -0.3 is 10.4 Å². The number of hydrogen-bond donors (Lipinski definition) is 2. The molecular weight excluding hydrogens is 180 g/mol. The van der Waals surface area contributed by atoms with E-state index in [1.165, 1.54) is 6.20 Å². The van der Waals surface area contributed by atoms with Gasteiger partial charge in [-0.1, -0.05) is 0 Å². The maximum Gasteiger partial charge on any atom is 0.166 e. The Kier molecular flexibility index (Phi) is 3.83. The zero-order valence-corrected chi connectivity index (χ0v) is 7.94. The van der Waals surface area contributed by atoms with Crippen molar-refractivity contribution in [3.8, 4) is 6.07 Å². The average Bonchev–Trinajstić information content (AvgIpc) is 2.18. The Morgan fingerprint density at radius 3 is 3.14 bits per heavy atom. The molecule has 1 aromatic rings. The molecule has 1 heterocycles. The van der Waals surface area contributed by atoms with Crippen LogP contribution in [0.3, 0.4) is 0 Å². The molecule has 0 aliphatic rings. The van der Waals surface area contributed by atoms with Crippen LogP contribution in [0.15, 0.2) is 12.3 Å². The molecule has 0 aliphatic heterocycles.